The highest BCUT2D eigenvalue weighted by molar-refractivity contribution is 6.36. The lowest BCUT2D eigenvalue weighted by Gasteiger charge is -2.12. The van der Waals surface area contributed by atoms with Crippen molar-refractivity contribution in [2.45, 2.75) is 26.7 Å². The topological polar surface area (TPSA) is 17.1 Å². The first-order chi connectivity index (χ1) is 7.10. The molecule has 0 aromatic heterocycles. The van der Waals surface area contributed by atoms with E-state index in [1.54, 1.807) is 18.2 Å². The van der Waals surface area contributed by atoms with Crippen LogP contribution in [0.4, 0.5) is 0 Å². The highest BCUT2D eigenvalue weighted by atomic mass is 35.5. The van der Waals surface area contributed by atoms with Crippen molar-refractivity contribution in [3.8, 4) is 0 Å². The Bertz CT molecular complexity index is 357. The quantitative estimate of drug-likeness (QED) is 0.708. The van der Waals surface area contributed by atoms with E-state index in [4.69, 9.17) is 23.2 Å². The van der Waals surface area contributed by atoms with Gasteiger partial charge in [0.15, 0.2) is 5.78 Å². The van der Waals surface area contributed by atoms with Crippen molar-refractivity contribution in [1.82, 2.24) is 0 Å². The second-order valence-corrected chi connectivity index (χ2v) is 4.35. The third-order valence-electron chi connectivity index (χ3n) is 2.55. The zero-order chi connectivity index (χ0) is 11.4. The summed E-state index contributed by atoms with van der Waals surface area (Å²) in [6, 6.07) is 5.00. The molecule has 0 aliphatic rings. The smallest absolute Gasteiger partial charge is 0.167 e. The lowest BCUT2D eigenvalue weighted by Crippen LogP contribution is -2.13. The van der Waals surface area contributed by atoms with Gasteiger partial charge in [-0.25, -0.2) is 0 Å². The van der Waals surface area contributed by atoms with Crippen LogP contribution in [0, 0.1) is 5.92 Å². The van der Waals surface area contributed by atoms with E-state index in [-0.39, 0.29) is 11.7 Å². The Balaban J connectivity index is 3.04. The number of carbonyl (C=O) groups excluding carboxylic acids is 1. The predicted molar refractivity (Wildman–Crippen MR) is 64.9 cm³/mol. The van der Waals surface area contributed by atoms with Gasteiger partial charge in [0.25, 0.3) is 0 Å². The number of carbonyl (C=O) groups is 1. The molecule has 0 amide bonds. The summed E-state index contributed by atoms with van der Waals surface area (Å²) in [6.45, 7) is 4.01. The number of rotatable bonds is 4. The summed E-state index contributed by atoms with van der Waals surface area (Å²) in [5, 5.41) is 1.03. The normalized spacial score (nSPS) is 10.7. The zero-order valence-electron chi connectivity index (χ0n) is 8.89. The number of benzene rings is 1. The van der Waals surface area contributed by atoms with Gasteiger partial charge < -0.3 is 0 Å². The van der Waals surface area contributed by atoms with Crippen molar-refractivity contribution in [2.75, 3.05) is 0 Å². The molecular weight excluding hydrogens is 231 g/mol. The van der Waals surface area contributed by atoms with Crippen LogP contribution in [0.15, 0.2) is 18.2 Å². The molecule has 0 radical (unpaired) electrons. The summed E-state index contributed by atoms with van der Waals surface area (Å²) < 4.78 is 0. The average Bonchev–Trinajstić information content (AvgIpc) is 2.23. The van der Waals surface area contributed by atoms with E-state index in [1.807, 2.05) is 13.8 Å². The Morgan fingerprint density at radius 3 is 2.40 bits per heavy atom. The van der Waals surface area contributed by atoms with Crippen molar-refractivity contribution in [3.63, 3.8) is 0 Å². The number of halogens is 2. The van der Waals surface area contributed by atoms with Crippen LogP contribution in [0.25, 0.3) is 0 Å². The van der Waals surface area contributed by atoms with E-state index in [0.717, 1.165) is 12.8 Å². The molecular formula is C12H14Cl2O. The molecule has 1 nitrogen and oxygen atoms in total. The minimum Gasteiger partial charge on any atom is -0.294 e. The summed E-state index contributed by atoms with van der Waals surface area (Å²) in [7, 11) is 0. The molecule has 15 heavy (non-hydrogen) atoms. The standard InChI is InChI=1S/C12H14Cl2O/c1-3-8(4-2)12(15)10-7-9(13)5-6-11(10)14/h5-8H,3-4H2,1-2H3. The highest BCUT2D eigenvalue weighted by Gasteiger charge is 2.18. The van der Waals surface area contributed by atoms with Crippen molar-refractivity contribution in [2.24, 2.45) is 5.92 Å². The maximum absolute atomic E-state index is 12.0. The van der Waals surface area contributed by atoms with E-state index < -0.39 is 0 Å². The molecule has 0 saturated heterocycles. The SMILES string of the molecule is CCC(CC)C(=O)c1cc(Cl)ccc1Cl. The maximum Gasteiger partial charge on any atom is 0.167 e. The van der Waals surface area contributed by atoms with Crippen LogP contribution >= 0.6 is 23.2 Å². The van der Waals surface area contributed by atoms with Crippen molar-refractivity contribution in [3.05, 3.63) is 33.8 Å². The molecule has 0 unspecified atom stereocenters. The molecule has 82 valence electrons. The third-order valence-corrected chi connectivity index (χ3v) is 3.11. The summed E-state index contributed by atoms with van der Waals surface area (Å²) in [4.78, 5) is 12.0. The van der Waals surface area contributed by atoms with Gasteiger partial charge in [-0.1, -0.05) is 37.0 Å². The van der Waals surface area contributed by atoms with Crippen molar-refractivity contribution in [1.29, 1.82) is 0 Å². The van der Waals surface area contributed by atoms with E-state index in [2.05, 4.69) is 0 Å². The number of hydrogen-bond donors (Lipinski definition) is 0. The molecule has 0 spiro atoms. The van der Waals surface area contributed by atoms with E-state index >= 15 is 0 Å². The first kappa shape index (κ1) is 12.5. The molecule has 0 aliphatic heterocycles. The second kappa shape index (κ2) is 5.53. The second-order valence-electron chi connectivity index (χ2n) is 3.50. The monoisotopic (exact) mass is 244 g/mol. The number of Topliss-reactive ketones (excluding diaryl/α,β-unsaturated/α-hetero) is 1. The minimum absolute atomic E-state index is 0.0426. The highest BCUT2D eigenvalue weighted by Crippen LogP contribution is 2.25. The molecule has 1 aromatic rings. The van der Waals surface area contributed by atoms with Gasteiger partial charge in [-0.2, -0.15) is 0 Å². The van der Waals surface area contributed by atoms with Crippen LogP contribution < -0.4 is 0 Å². The maximum atomic E-state index is 12.0. The fraction of sp³-hybridized carbons (Fsp3) is 0.417. The van der Waals surface area contributed by atoms with E-state index in [0.29, 0.717) is 15.6 Å². The fourth-order valence-electron chi connectivity index (χ4n) is 1.57. The fourth-order valence-corrected chi connectivity index (χ4v) is 1.95. The molecule has 3 heteroatoms. The molecule has 0 fully saturated rings. The van der Waals surface area contributed by atoms with Crippen LogP contribution in [-0.4, -0.2) is 5.78 Å². The van der Waals surface area contributed by atoms with Gasteiger partial charge in [-0.05, 0) is 31.0 Å². The van der Waals surface area contributed by atoms with Crippen LogP contribution in [0.1, 0.15) is 37.0 Å². The van der Waals surface area contributed by atoms with E-state index in [9.17, 15) is 4.79 Å². The number of hydrogen-bond acceptors (Lipinski definition) is 1. The Hall–Kier alpha value is -0.530. The van der Waals surface area contributed by atoms with Crippen LogP contribution in [-0.2, 0) is 0 Å². The molecule has 0 atom stereocenters. The van der Waals surface area contributed by atoms with Gasteiger partial charge in [-0.3, -0.25) is 4.79 Å². The molecule has 1 rings (SSSR count). The van der Waals surface area contributed by atoms with Gasteiger partial charge in [0.2, 0.25) is 0 Å². The van der Waals surface area contributed by atoms with Crippen LogP contribution in [0.2, 0.25) is 10.0 Å². The Morgan fingerprint density at radius 1 is 1.27 bits per heavy atom. The Morgan fingerprint density at radius 2 is 1.87 bits per heavy atom. The molecule has 1 aromatic carbocycles. The van der Waals surface area contributed by atoms with Gasteiger partial charge >= 0.3 is 0 Å². The average molecular weight is 245 g/mol. The van der Waals surface area contributed by atoms with Gasteiger partial charge in [-0.15, -0.1) is 0 Å². The lowest BCUT2D eigenvalue weighted by atomic mass is 9.93. The Kier molecular flexibility index (Phi) is 4.62. The molecule has 0 bridgehead atoms. The van der Waals surface area contributed by atoms with Crippen LogP contribution in [0.3, 0.4) is 0 Å². The number of ketones is 1. The molecule has 0 saturated carbocycles. The van der Waals surface area contributed by atoms with Gasteiger partial charge in [0.1, 0.15) is 0 Å². The van der Waals surface area contributed by atoms with E-state index in [1.165, 1.54) is 0 Å². The lowest BCUT2D eigenvalue weighted by molar-refractivity contribution is 0.0913. The zero-order valence-corrected chi connectivity index (χ0v) is 10.4. The van der Waals surface area contributed by atoms with Crippen LogP contribution in [0.5, 0.6) is 0 Å². The molecule has 0 heterocycles. The van der Waals surface area contributed by atoms with Gasteiger partial charge in [0, 0.05) is 16.5 Å². The predicted octanol–water partition coefficient (Wildman–Crippen LogP) is 4.61. The summed E-state index contributed by atoms with van der Waals surface area (Å²) in [6.07, 6.45) is 1.66. The van der Waals surface area contributed by atoms with Crippen molar-refractivity contribution < 1.29 is 4.79 Å². The third kappa shape index (κ3) is 2.96. The minimum atomic E-state index is 0.0426. The summed E-state index contributed by atoms with van der Waals surface area (Å²) in [5.41, 5.74) is 0.540. The molecule has 0 aliphatic carbocycles. The summed E-state index contributed by atoms with van der Waals surface area (Å²) >= 11 is 11.8. The molecule has 0 N–H and O–H groups in total. The Labute approximate surface area is 100 Å². The van der Waals surface area contributed by atoms with Crippen molar-refractivity contribution >= 4 is 29.0 Å². The van der Waals surface area contributed by atoms with Gasteiger partial charge in [0.05, 0.1) is 5.02 Å². The first-order valence-electron chi connectivity index (χ1n) is 5.09. The first-order valence-corrected chi connectivity index (χ1v) is 5.85. The summed E-state index contributed by atoms with van der Waals surface area (Å²) in [5.74, 6) is 0.133. The largest absolute Gasteiger partial charge is 0.294 e.